The smallest absolute Gasteiger partial charge is 0.367 e. The first-order valence-corrected chi connectivity index (χ1v) is 10.1. The third kappa shape index (κ3) is 4.28. The minimum absolute atomic E-state index is 0.155. The molecule has 4 rings (SSSR count). The van der Waals surface area contributed by atoms with Gasteiger partial charge in [-0.15, -0.1) is 0 Å². The van der Waals surface area contributed by atoms with E-state index < -0.39 is 11.7 Å². The van der Waals surface area contributed by atoms with Crippen LogP contribution in [-0.4, -0.2) is 46.8 Å². The Morgan fingerprint density at radius 2 is 1.65 bits per heavy atom. The average Bonchev–Trinajstić information content (AvgIpc) is 3.14. The van der Waals surface area contributed by atoms with E-state index in [1.807, 2.05) is 38.1 Å². The summed E-state index contributed by atoms with van der Waals surface area (Å²) in [6.07, 6.45) is -4.42. The first-order valence-electron chi connectivity index (χ1n) is 10.1. The third-order valence-corrected chi connectivity index (χ3v) is 5.41. The van der Waals surface area contributed by atoms with Gasteiger partial charge in [0.25, 0.3) is 5.91 Å². The zero-order chi connectivity index (χ0) is 22.2. The molecule has 162 valence electrons. The molecule has 1 fully saturated rings. The van der Waals surface area contributed by atoms with Crippen LogP contribution in [0.3, 0.4) is 0 Å². The van der Waals surface area contributed by atoms with E-state index in [2.05, 4.69) is 5.10 Å². The largest absolute Gasteiger partial charge is 0.418 e. The van der Waals surface area contributed by atoms with Crippen molar-refractivity contribution in [2.45, 2.75) is 20.0 Å². The highest BCUT2D eigenvalue weighted by Gasteiger charge is 2.35. The van der Waals surface area contributed by atoms with Crippen molar-refractivity contribution >= 4 is 11.6 Å². The molecule has 2 aromatic carbocycles. The normalized spacial score (nSPS) is 14.7. The monoisotopic (exact) mass is 428 g/mol. The van der Waals surface area contributed by atoms with Crippen molar-refractivity contribution in [2.75, 3.05) is 31.1 Å². The van der Waals surface area contributed by atoms with Crippen LogP contribution in [0.5, 0.6) is 0 Å². The lowest BCUT2D eigenvalue weighted by atomic mass is 10.1. The first-order chi connectivity index (χ1) is 14.7. The van der Waals surface area contributed by atoms with Crippen LogP contribution < -0.4 is 4.90 Å². The fraction of sp³-hybridized carbons (Fsp3) is 0.304. The molecule has 31 heavy (non-hydrogen) atoms. The minimum Gasteiger partial charge on any atom is -0.367 e. The van der Waals surface area contributed by atoms with Crippen molar-refractivity contribution in [1.29, 1.82) is 0 Å². The highest BCUT2D eigenvalue weighted by atomic mass is 19.4. The minimum atomic E-state index is -4.42. The number of benzene rings is 2. The summed E-state index contributed by atoms with van der Waals surface area (Å²) in [6, 6.07) is 15.0. The second kappa shape index (κ2) is 8.09. The number of piperazine rings is 1. The van der Waals surface area contributed by atoms with Crippen molar-refractivity contribution in [2.24, 2.45) is 0 Å². The van der Waals surface area contributed by atoms with Gasteiger partial charge < -0.3 is 9.80 Å². The van der Waals surface area contributed by atoms with Crippen LogP contribution in [0.4, 0.5) is 18.9 Å². The van der Waals surface area contributed by atoms with Crippen LogP contribution in [0.2, 0.25) is 0 Å². The Labute approximate surface area is 178 Å². The Kier molecular flexibility index (Phi) is 5.47. The highest BCUT2D eigenvalue weighted by Crippen LogP contribution is 2.36. The molecular formula is C23H23F3N4O. The van der Waals surface area contributed by atoms with E-state index in [1.54, 1.807) is 26.6 Å². The summed E-state index contributed by atoms with van der Waals surface area (Å²) in [5.41, 5.74) is 2.54. The molecule has 1 aliphatic rings. The Balaban J connectivity index is 1.53. The predicted molar refractivity (Wildman–Crippen MR) is 113 cm³/mol. The summed E-state index contributed by atoms with van der Waals surface area (Å²) in [5, 5.41) is 4.47. The number of carbonyl (C=O) groups is 1. The van der Waals surface area contributed by atoms with Gasteiger partial charge in [0.2, 0.25) is 0 Å². The molecule has 0 radical (unpaired) electrons. The Bertz CT molecular complexity index is 1100. The van der Waals surface area contributed by atoms with E-state index in [4.69, 9.17) is 0 Å². The van der Waals surface area contributed by atoms with Crippen molar-refractivity contribution < 1.29 is 18.0 Å². The van der Waals surface area contributed by atoms with Gasteiger partial charge in [-0.3, -0.25) is 4.79 Å². The molecule has 8 heteroatoms. The van der Waals surface area contributed by atoms with Crippen molar-refractivity contribution in [1.82, 2.24) is 14.7 Å². The van der Waals surface area contributed by atoms with Gasteiger partial charge in [0, 0.05) is 31.9 Å². The van der Waals surface area contributed by atoms with Gasteiger partial charge in [-0.1, -0.05) is 24.3 Å². The molecule has 1 amide bonds. The molecule has 0 aliphatic carbocycles. The van der Waals surface area contributed by atoms with Crippen LogP contribution in [-0.2, 0) is 6.18 Å². The summed E-state index contributed by atoms with van der Waals surface area (Å²) in [5.74, 6) is -0.175. The zero-order valence-corrected chi connectivity index (χ0v) is 17.4. The summed E-state index contributed by atoms with van der Waals surface area (Å²) in [7, 11) is 0. The van der Waals surface area contributed by atoms with Crippen molar-refractivity contribution in [3.8, 4) is 5.69 Å². The number of aryl methyl sites for hydroxylation is 2. The molecule has 5 nitrogen and oxygen atoms in total. The fourth-order valence-electron chi connectivity index (χ4n) is 3.91. The van der Waals surface area contributed by atoms with Gasteiger partial charge in [0.15, 0.2) is 0 Å². The number of carbonyl (C=O) groups excluding carboxylic acids is 1. The van der Waals surface area contributed by atoms with Crippen LogP contribution >= 0.6 is 0 Å². The number of nitrogens with zero attached hydrogens (tertiary/aromatic N) is 4. The average molecular weight is 428 g/mol. The van der Waals surface area contributed by atoms with Crippen LogP contribution in [0.25, 0.3) is 5.69 Å². The number of halogens is 3. The van der Waals surface area contributed by atoms with Gasteiger partial charge >= 0.3 is 6.18 Å². The van der Waals surface area contributed by atoms with Crippen LogP contribution in [0.15, 0.2) is 54.6 Å². The number of anilines is 1. The molecule has 1 aromatic heterocycles. The van der Waals surface area contributed by atoms with E-state index in [0.717, 1.165) is 23.0 Å². The lowest BCUT2D eigenvalue weighted by molar-refractivity contribution is -0.137. The summed E-state index contributed by atoms with van der Waals surface area (Å²) in [6.45, 7) is 5.13. The highest BCUT2D eigenvalue weighted by molar-refractivity contribution is 5.93. The van der Waals surface area contributed by atoms with Crippen molar-refractivity contribution in [3.63, 3.8) is 0 Å². The molecule has 0 N–H and O–H groups in total. The second-order valence-electron chi connectivity index (χ2n) is 7.72. The number of para-hydroxylation sites is 1. The quantitative estimate of drug-likeness (QED) is 0.618. The van der Waals surface area contributed by atoms with Crippen LogP contribution in [0.1, 0.15) is 27.3 Å². The first kappa shape index (κ1) is 21.0. The van der Waals surface area contributed by atoms with E-state index >= 15 is 0 Å². The molecular weight excluding hydrogens is 405 g/mol. The molecule has 3 aromatic rings. The lowest BCUT2D eigenvalue weighted by Crippen LogP contribution is -2.49. The molecule has 0 saturated carbocycles. The Morgan fingerprint density at radius 3 is 2.32 bits per heavy atom. The summed E-state index contributed by atoms with van der Waals surface area (Å²) < 4.78 is 41.7. The van der Waals surface area contributed by atoms with Gasteiger partial charge in [-0.25, -0.2) is 4.68 Å². The SMILES string of the molecule is Cc1cccc(-n2nc(C)cc2C(=O)N2CCN(c3ccccc3C(F)(F)F)CC2)c1. The zero-order valence-electron chi connectivity index (χ0n) is 17.4. The fourth-order valence-corrected chi connectivity index (χ4v) is 3.91. The number of amides is 1. The number of alkyl halides is 3. The molecule has 0 unspecified atom stereocenters. The Morgan fingerprint density at radius 1 is 0.935 bits per heavy atom. The molecule has 2 heterocycles. The third-order valence-electron chi connectivity index (χ3n) is 5.41. The molecule has 0 bridgehead atoms. The number of aromatic nitrogens is 2. The predicted octanol–water partition coefficient (Wildman–Crippen LogP) is 4.47. The number of hydrogen-bond donors (Lipinski definition) is 0. The maximum Gasteiger partial charge on any atom is 0.418 e. The van der Waals surface area contributed by atoms with Gasteiger partial charge in [-0.05, 0) is 49.7 Å². The topological polar surface area (TPSA) is 41.4 Å². The molecule has 0 atom stereocenters. The summed E-state index contributed by atoms with van der Waals surface area (Å²) in [4.78, 5) is 16.6. The van der Waals surface area contributed by atoms with E-state index in [1.165, 1.54) is 12.1 Å². The van der Waals surface area contributed by atoms with E-state index in [9.17, 15) is 18.0 Å². The van der Waals surface area contributed by atoms with Crippen LogP contribution in [0, 0.1) is 13.8 Å². The second-order valence-corrected chi connectivity index (χ2v) is 7.72. The molecule has 1 saturated heterocycles. The Hall–Kier alpha value is -3.29. The standard InChI is InChI=1S/C23H23F3N4O/c1-16-6-5-7-18(14-16)30-21(15-17(2)27-30)22(31)29-12-10-28(11-13-29)20-9-4-3-8-19(20)23(24,25)26/h3-9,14-15H,10-13H2,1-2H3. The van der Waals surface area contributed by atoms with Crippen molar-refractivity contribution in [3.05, 3.63) is 77.1 Å². The molecule has 0 spiro atoms. The van der Waals surface area contributed by atoms with Gasteiger partial charge in [-0.2, -0.15) is 18.3 Å². The number of hydrogen-bond acceptors (Lipinski definition) is 3. The van der Waals surface area contributed by atoms with Gasteiger partial charge in [0.1, 0.15) is 5.69 Å². The summed E-state index contributed by atoms with van der Waals surface area (Å²) >= 11 is 0. The number of rotatable bonds is 3. The molecule has 1 aliphatic heterocycles. The van der Waals surface area contributed by atoms with E-state index in [0.29, 0.717) is 31.9 Å². The van der Waals surface area contributed by atoms with Gasteiger partial charge in [0.05, 0.1) is 16.9 Å². The maximum absolute atomic E-state index is 13.4. The maximum atomic E-state index is 13.4. The lowest BCUT2D eigenvalue weighted by Gasteiger charge is -2.37. The van der Waals surface area contributed by atoms with E-state index in [-0.39, 0.29) is 11.6 Å².